The van der Waals surface area contributed by atoms with E-state index in [-0.39, 0.29) is 11.9 Å². The molecule has 0 amide bonds. The van der Waals surface area contributed by atoms with E-state index in [0.717, 1.165) is 19.4 Å². The van der Waals surface area contributed by atoms with Gasteiger partial charge in [-0.2, -0.15) is 0 Å². The Morgan fingerprint density at radius 1 is 0.769 bits per heavy atom. The minimum atomic E-state index is -0.0722. The van der Waals surface area contributed by atoms with E-state index in [1.807, 2.05) is 0 Å². The molecule has 1 aliphatic heterocycles. The van der Waals surface area contributed by atoms with Gasteiger partial charge in [0.25, 0.3) is 0 Å². The first-order valence-corrected chi connectivity index (χ1v) is 11.6. The number of carbonyl (C=O) groups excluding carboxylic acids is 1. The third kappa shape index (κ3) is 13.6. The van der Waals surface area contributed by atoms with Crippen LogP contribution in [0.15, 0.2) is 0 Å². The van der Waals surface area contributed by atoms with Crippen molar-refractivity contribution in [1.82, 2.24) is 0 Å². The summed E-state index contributed by atoms with van der Waals surface area (Å²) in [5.41, 5.74) is 0. The van der Waals surface area contributed by atoms with Gasteiger partial charge in [-0.15, -0.1) is 0 Å². The Hall–Kier alpha value is -0.570. The Bertz CT molecular complexity index is 317. The van der Waals surface area contributed by atoms with Crippen molar-refractivity contribution in [2.24, 2.45) is 5.92 Å². The van der Waals surface area contributed by atoms with Gasteiger partial charge in [0.2, 0.25) is 0 Å². The molecule has 0 aliphatic carbocycles. The average Bonchev–Trinajstić information content (AvgIpc) is 3.05. The van der Waals surface area contributed by atoms with Crippen molar-refractivity contribution in [3.05, 3.63) is 0 Å². The van der Waals surface area contributed by atoms with Crippen molar-refractivity contribution >= 4 is 5.97 Å². The lowest BCUT2D eigenvalue weighted by Gasteiger charge is -2.07. The minimum absolute atomic E-state index is 0.00365. The number of hydrogen-bond acceptors (Lipinski definition) is 3. The molecule has 0 aromatic heterocycles. The fourth-order valence-corrected chi connectivity index (χ4v) is 3.67. The summed E-state index contributed by atoms with van der Waals surface area (Å²) in [6.45, 7) is 4.21. The van der Waals surface area contributed by atoms with E-state index in [9.17, 15) is 4.79 Å². The van der Waals surface area contributed by atoms with Crippen LogP contribution >= 0.6 is 0 Å². The zero-order valence-electron chi connectivity index (χ0n) is 17.4. The highest BCUT2D eigenvalue weighted by Gasteiger charge is 2.26. The van der Waals surface area contributed by atoms with Crippen LogP contribution in [0.5, 0.6) is 0 Å². The molecule has 1 saturated heterocycles. The molecule has 0 saturated carbocycles. The van der Waals surface area contributed by atoms with Gasteiger partial charge >= 0.3 is 5.97 Å². The number of cyclic esters (lactones) is 1. The lowest BCUT2D eigenvalue weighted by Crippen LogP contribution is -2.15. The zero-order chi connectivity index (χ0) is 18.7. The molecule has 1 heterocycles. The first-order valence-electron chi connectivity index (χ1n) is 11.6. The normalized spacial score (nSPS) is 17.0. The van der Waals surface area contributed by atoms with Crippen molar-refractivity contribution in [3.63, 3.8) is 0 Å². The van der Waals surface area contributed by atoms with Crippen molar-refractivity contribution in [1.29, 1.82) is 0 Å². The molecule has 26 heavy (non-hydrogen) atoms. The average molecular weight is 369 g/mol. The third-order valence-corrected chi connectivity index (χ3v) is 5.51. The fourth-order valence-electron chi connectivity index (χ4n) is 3.67. The van der Waals surface area contributed by atoms with Gasteiger partial charge in [0.1, 0.15) is 0 Å². The van der Waals surface area contributed by atoms with Gasteiger partial charge in [-0.05, 0) is 12.8 Å². The zero-order valence-corrected chi connectivity index (χ0v) is 17.4. The number of hydrogen-bond donors (Lipinski definition) is 0. The van der Waals surface area contributed by atoms with Crippen molar-refractivity contribution in [3.8, 4) is 0 Å². The van der Waals surface area contributed by atoms with Gasteiger partial charge in [-0.3, -0.25) is 4.79 Å². The highest BCUT2D eigenvalue weighted by atomic mass is 16.5. The van der Waals surface area contributed by atoms with Crippen molar-refractivity contribution in [2.45, 2.75) is 116 Å². The quantitative estimate of drug-likeness (QED) is 0.185. The molecule has 1 aliphatic rings. The van der Waals surface area contributed by atoms with Crippen molar-refractivity contribution in [2.75, 3.05) is 19.8 Å². The first-order chi connectivity index (χ1) is 12.8. The third-order valence-electron chi connectivity index (χ3n) is 5.51. The molecule has 3 nitrogen and oxygen atoms in total. The van der Waals surface area contributed by atoms with E-state index >= 15 is 0 Å². The standard InChI is InChI=1S/C23H44O3/c1-2-3-4-5-6-7-8-9-10-11-12-13-14-15-16-17-19-25-21-22-18-20-26-23(22)24/h22H,2-21H2,1H3. The number of ether oxygens (including phenoxy) is 2. The predicted molar refractivity (Wildman–Crippen MR) is 109 cm³/mol. The van der Waals surface area contributed by atoms with Crippen LogP contribution in [0, 0.1) is 5.92 Å². The summed E-state index contributed by atoms with van der Waals surface area (Å²) < 4.78 is 10.5. The van der Waals surface area contributed by atoms with Crippen molar-refractivity contribution < 1.29 is 14.3 Å². The lowest BCUT2D eigenvalue weighted by molar-refractivity contribution is -0.142. The van der Waals surface area contributed by atoms with Crippen LogP contribution in [0.25, 0.3) is 0 Å². The van der Waals surface area contributed by atoms with E-state index in [1.54, 1.807) is 0 Å². The predicted octanol–water partition coefficient (Wildman–Crippen LogP) is 6.83. The van der Waals surface area contributed by atoms with E-state index in [1.165, 1.54) is 96.3 Å². The Balaban J connectivity index is 1.66. The molecule has 0 N–H and O–H groups in total. The topological polar surface area (TPSA) is 35.5 Å². The summed E-state index contributed by atoms with van der Waals surface area (Å²) in [6.07, 6.45) is 23.0. The van der Waals surface area contributed by atoms with Crippen LogP contribution in [0.3, 0.4) is 0 Å². The summed E-state index contributed by atoms with van der Waals surface area (Å²) in [7, 11) is 0. The Morgan fingerprint density at radius 3 is 1.65 bits per heavy atom. The van der Waals surface area contributed by atoms with E-state index < -0.39 is 0 Å². The molecule has 1 unspecified atom stereocenters. The summed E-state index contributed by atoms with van der Waals surface area (Å²) in [5.74, 6) is -0.0759. The highest BCUT2D eigenvalue weighted by molar-refractivity contribution is 5.74. The van der Waals surface area contributed by atoms with E-state index in [2.05, 4.69) is 6.92 Å². The van der Waals surface area contributed by atoms with Gasteiger partial charge in [0.05, 0.1) is 19.1 Å². The smallest absolute Gasteiger partial charge is 0.311 e. The molecule has 0 bridgehead atoms. The van der Waals surface area contributed by atoms with Crippen LogP contribution in [0.1, 0.15) is 116 Å². The van der Waals surface area contributed by atoms with Crippen LogP contribution in [-0.4, -0.2) is 25.8 Å². The number of rotatable bonds is 19. The maximum absolute atomic E-state index is 11.3. The molecule has 154 valence electrons. The van der Waals surface area contributed by atoms with Crippen LogP contribution < -0.4 is 0 Å². The number of esters is 1. The summed E-state index contributed by atoms with van der Waals surface area (Å²) >= 11 is 0. The molecule has 1 rings (SSSR count). The molecule has 0 aromatic rings. The monoisotopic (exact) mass is 368 g/mol. The number of carbonyl (C=O) groups is 1. The second-order valence-electron chi connectivity index (χ2n) is 8.03. The largest absolute Gasteiger partial charge is 0.465 e. The summed E-state index contributed by atoms with van der Waals surface area (Å²) in [5, 5.41) is 0. The van der Waals surface area contributed by atoms with Crippen LogP contribution in [0.2, 0.25) is 0 Å². The molecule has 3 heteroatoms. The van der Waals surface area contributed by atoms with Gasteiger partial charge < -0.3 is 9.47 Å². The van der Waals surface area contributed by atoms with Gasteiger partial charge in [0.15, 0.2) is 0 Å². The lowest BCUT2D eigenvalue weighted by atomic mass is 10.0. The summed E-state index contributed by atoms with van der Waals surface area (Å²) in [4.78, 5) is 11.3. The fraction of sp³-hybridized carbons (Fsp3) is 0.957. The minimum Gasteiger partial charge on any atom is -0.465 e. The number of unbranched alkanes of at least 4 members (excludes halogenated alkanes) is 15. The Labute approximate surface area is 162 Å². The maximum atomic E-state index is 11.3. The SMILES string of the molecule is CCCCCCCCCCCCCCCCCCOCC1CCOC1=O. The maximum Gasteiger partial charge on any atom is 0.311 e. The van der Waals surface area contributed by atoms with Gasteiger partial charge in [-0.1, -0.05) is 103 Å². The molecule has 1 fully saturated rings. The molecule has 0 spiro atoms. The molecule has 1 atom stereocenters. The van der Waals surface area contributed by atoms with E-state index in [4.69, 9.17) is 9.47 Å². The highest BCUT2D eigenvalue weighted by Crippen LogP contribution is 2.15. The molecular weight excluding hydrogens is 324 g/mol. The second kappa shape index (κ2) is 17.8. The van der Waals surface area contributed by atoms with E-state index in [0.29, 0.717) is 13.2 Å². The molecule has 0 aromatic carbocycles. The van der Waals surface area contributed by atoms with Crippen LogP contribution in [-0.2, 0) is 14.3 Å². The first kappa shape index (κ1) is 23.5. The molecular formula is C23H44O3. The second-order valence-corrected chi connectivity index (χ2v) is 8.03. The molecule has 0 radical (unpaired) electrons. The van der Waals surface area contributed by atoms with Gasteiger partial charge in [-0.25, -0.2) is 0 Å². The Kier molecular flexibility index (Phi) is 16.1. The van der Waals surface area contributed by atoms with Gasteiger partial charge in [0, 0.05) is 6.61 Å². The summed E-state index contributed by atoms with van der Waals surface area (Å²) in [6, 6.07) is 0. The van der Waals surface area contributed by atoms with Crippen LogP contribution in [0.4, 0.5) is 0 Å². The Morgan fingerprint density at radius 2 is 1.23 bits per heavy atom.